The van der Waals surface area contributed by atoms with Gasteiger partial charge in [0.15, 0.2) is 6.61 Å². The first-order valence-corrected chi connectivity index (χ1v) is 12.4. The van der Waals surface area contributed by atoms with Crippen molar-refractivity contribution in [3.63, 3.8) is 0 Å². The third kappa shape index (κ3) is 4.71. The van der Waals surface area contributed by atoms with E-state index in [2.05, 4.69) is 22.0 Å². The molecule has 0 atom stereocenters. The molecule has 0 aliphatic heterocycles. The van der Waals surface area contributed by atoms with Gasteiger partial charge in [0.2, 0.25) is 0 Å². The first-order valence-electron chi connectivity index (χ1n) is 11.6. The summed E-state index contributed by atoms with van der Waals surface area (Å²) in [7, 11) is 0. The minimum absolute atomic E-state index is 0.0130. The number of carbonyl (C=O) groups is 1. The van der Waals surface area contributed by atoms with E-state index in [4.69, 9.17) is 14.4 Å². The van der Waals surface area contributed by atoms with Crippen molar-refractivity contribution in [1.82, 2.24) is 4.90 Å². The Balaban J connectivity index is 1.50. The lowest BCUT2D eigenvalue weighted by Crippen LogP contribution is -2.30. The van der Waals surface area contributed by atoms with Gasteiger partial charge in [0.1, 0.15) is 23.2 Å². The van der Waals surface area contributed by atoms with Gasteiger partial charge in [-0.15, -0.1) is 0 Å². The summed E-state index contributed by atoms with van der Waals surface area (Å²) in [5, 5.41) is 11.6. The van der Waals surface area contributed by atoms with Crippen LogP contribution in [0.2, 0.25) is 0 Å². The number of nitriles is 1. The van der Waals surface area contributed by atoms with Crippen molar-refractivity contribution in [2.45, 2.75) is 20.0 Å². The van der Waals surface area contributed by atoms with Gasteiger partial charge in [0.25, 0.3) is 5.91 Å². The number of hydrogen-bond donors (Lipinski definition) is 0. The minimum atomic E-state index is -0.0668. The molecule has 4 aromatic carbocycles. The number of hydrogen-bond acceptors (Lipinski definition) is 4. The molecule has 0 radical (unpaired) electrons. The summed E-state index contributed by atoms with van der Waals surface area (Å²) in [6.45, 7) is 2.74. The van der Waals surface area contributed by atoms with Gasteiger partial charge in [-0.25, -0.2) is 0 Å². The average Bonchev–Trinajstić information content (AvgIpc) is 3.23. The topological polar surface area (TPSA) is 66.5 Å². The van der Waals surface area contributed by atoms with Crippen molar-refractivity contribution >= 4 is 43.6 Å². The van der Waals surface area contributed by atoms with Crippen LogP contribution in [0.15, 0.2) is 93.8 Å². The average molecular weight is 539 g/mol. The monoisotopic (exact) mass is 538 g/mol. The van der Waals surface area contributed by atoms with Crippen LogP contribution in [0.1, 0.15) is 27.2 Å². The van der Waals surface area contributed by atoms with E-state index >= 15 is 0 Å². The Morgan fingerprint density at radius 3 is 2.50 bits per heavy atom. The van der Waals surface area contributed by atoms with E-state index in [1.807, 2.05) is 96.8 Å². The lowest BCUT2D eigenvalue weighted by Gasteiger charge is -2.23. The lowest BCUT2D eigenvalue weighted by molar-refractivity contribution is 0.0730. The molecular weight excluding hydrogens is 516 g/mol. The SMILES string of the molecule is Cc1oc2ccccc2c1C(=O)N(Cc1ccccc1)Cc1ccc2c(Br)c(OCC#N)ccc2c1. The van der Waals surface area contributed by atoms with Gasteiger partial charge >= 0.3 is 0 Å². The predicted octanol–water partition coefficient (Wildman–Crippen LogP) is 7.40. The van der Waals surface area contributed by atoms with Crippen LogP contribution in [-0.2, 0) is 13.1 Å². The zero-order valence-corrected chi connectivity index (χ0v) is 21.3. The van der Waals surface area contributed by atoms with Crippen LogP contribution in [0.25, 0.3) is 21.7 Å². The molecule has 0 N–H and O–H groups in total. The molecule has 0 saturated carbocycles. The fourth-order valence-corrected chi connectivity index (χ4v) is 5.06. The Bertz CT molecular complexity index is 1600. The van der Waals surface area contributed by atoms with Crippen molar-refractivity contribution < 1.29 is 13.9 Å². The van der Waals surface area contributed by atoms with Crippen LogP contribution in [0.4, 0.5) is 0 Å². The summed E-state index contributed by atoms with van der Waals surface area (Å²) in [6, 6.07) is 29.6. The normalized spacial score (nSPS) is 10.9. The van der Waals surface area contributed by atoms with Crippen molar-refractivity contribution in [2.24, 2.45) is 0 Å². The van der Waals surface area contributed by atoms with E-state index in [1.54, 1.807) is 0 Å². The van der Waals surface area contributed by atoms with Crippen LogP contribution in [-0.4, -0.2) is 17.4 Å². The van der Waals surface area contributed by atoms with Gasteiger partial charge in [-0.2, -0.15) is 5.26 Å². The molecule has 1 aromatic heterocycles. The molecule has 0 unspecified atom stereocenters. The highest BCUT2D eigenvalue weighted by molar-refractivity contribution is 9.10. The number of fused-ring (bicyclic) bond motifs is 2. The Kier molecular flexibility index (Phi) is 6.75. The van der Waals surface area contributed by atoms with Gasteiger partial charge < -0.3 is 14.1 Å². The molecule has 0 bridgehead atoms. The molecule has 5 nitrogen and oxygen atoms in total. The maximum absolute atomic E-state index is 13.9. The van der Waals surface area contributed by atoms with Gasteiger partial charge in [0, 0.05) is 18.5 Å². The van der Waals surface area contributed by atoms with Crippen LogP contribution in [0.3, 0.4) is 0 Å². The first-order chi connectivity index (χ1) is 17.5. The zero-order chi connectivity index (χ0) is 25.1. The van der Waals surface area contributed by atoms with Crippen LogP contribution >= 0.6 is 15.9 Å². The third-order valence-electron chi connectivity index (χ3n) is 6.14. The minimum Gasteiger partial charge on any atom is -0.478 e. The summed E-state index contributed by atoms with van der Waals surface area (Å²) in [5.41, 5.74) is 3.38. The number of carbonyl (C=O) groups excluding carboxylic acids is 1. The maximum atomic E-state index is 13.9. The summed E-state index contributed by atoms with van der Waals surface area (Å²) >= 11 is 3.60. The van der Waals surface area contributed by atoms with Crippen molar-refractivity contribution in [3.8, 4) is 11.8 Å². The first kappa shape index (κ1) is 23.7. The fraction of sp³-hybridized carbons (Fsp3) is 0.133. The van der Waals surface area contributed by atoms with E-state index in [0.717, 1.165) is 31.8 Å². The summed E-state index contributed by atoms with van der Waals surface area (Å²) in [4.78, 5) is 15.8. The summed E-state index contributed by atoms with van der Waals surface area (Å²) in [6.07, 6.45) is 0. The number of benzene rings is 4. The molecule has 6 heteroatoms. The highest BCUT2D eigenvalue weighted by Crippen LogP contribution is 2.34. The van der Waals surface area contributed by atoms with Gasteiger partial charge in [-0.05, 0) is 63.0 Å². The van der Waals surface area contributed by atoms with Gasteiger partial charge in [0.05, 0.1) is 10.0 Å². The molecule has 36 heavy (non-hydrogen) atoms. The van der Waals surface area contributed by atoms with E-state index < -0.39 is 0 Å². The van der Waals surface area contributed by atoms with E-state index in [9.17, 15) is 4.79 Å². The number of rotatable bonds is 7. The zero-order valence-electron chi connectivity index (χ0n) is 19.7. The molecule has 0 spiro atoms. The molecule has 5 aromatic rings. The molecule has 0 saturated heterocycles. The molecule has 5 rings (SSSR count). The number of aryl methyl sites for hydroxylation is 1. The molecule has 0 aliphatic carbocycles. The highest BCUT2D eigenvalue weighted by Gasteiger charge is 2.24. The second-order valence-electron chi connectivity index (χ2n) is 8.56. The van der Waals surface area contributed by atoms with E-state index in [-0.39, 0.29) is 12.5 Å². The Hall–Kier alpha value is -4.08. The number of furan rings is 1. The predicted molar refractivity (Wildman–Crippen MR) is 144 cm³/mol. The molecular formula is C30H23BrN2O3. The molecule has 1 amide bonds. The molecule has 1 heterocycles. The molecule has 0 fully saturated rings. The van der Waals surface area contributed by atoms with Crippen LogP contribution in [0, 0.1) is 18.3 Å². The number of halogens is 1. The smallest absolute Gasteiger partial charge is 0.258 e. The van der Waals surface area contributed by atoms with E-state index in [0.29, 0.717) is 35.7 Å². The van der Waals surface area contributed by atoms with E-state index in [1.165, 1.54) is 0 Å². The quantitative estimate of drug-likeness (QED) is 0.216. The maximum Gasteiger partial charge on any atom is 0.258 e. The Morgan fingerprint density at radius 1 is 0.944 bits per heavy atom. The fourth-order valence-electron chi connectivity index (χ4n) is 4.46. The van der Waals surface area contributed by atoms with Crippen LogP contribution < -0.4 is 4.74 Å². The van der Waals surface area contributed by atoms with Crippen molar-refractivity contribution in [1.29, 1.82) is 5.26 Å². The number of amides is 1. The Labute approximate surface area is 217 Å². The Morgan fingerprint density at radius 2 is 1.69 bits per heavy atom. The van der Waals surface area contributed by atoms with Gasteiger partial charge in [-0.1, -0.05) is 66.7 Å². The third-order valence-corrected chi connectivity index (χ3v) is 6.96. The second-order valence-corrected chi connectivity index (χ2v) is 9.35. The second kappa shape index (κ2) is 10.3. The van der Waals surface area contributed by atoms with Crippen LogP contribution in [0.5, 0.6) is 5.75 Å². The number of para-hydroxylation sites is 1. The van der Waals surface area contributed by atoms with Gasteiger partial charge in [-0.3, -0.25) is 4.79 Å². The van der Waals surface area contributed by atoms with Crippen molar-refractivity contribution in [2.75, 3.05) is 6.61 Å². The number of nitrogens with zero attached hydrogens (tertiary/aromatic N) is 2. The summed E-state index contributed by atoms with van der Waals surface area (Å²) in [5.74, 6) is 1.18. The number of ether oxygens (including phenoxy) is 1. The van der Waals surface area contributed by atoms with Crippen molar-refractivity contribution in [3.05, 3.63) is 112 Å². The summed E-state index contributed by atoms with van der Waals surface area (Å²) < 4.78 is 12.2. The molecule has 178 valence electrons. The largest absolute Gasteiger partial charge is 0.478 e. The highest BCUT2D eigenvalue weighted by atomic mass is 79.9. The molecule has 0 aliphatic rings. The standard InChI is InChI=1S/C30H23BrN2O3/c1-20-28(25-9-5-6-10-26(25)36-20)30(34)33(18-21-7-3-2-4-8-21)19-22-11-13-24-23(17-22)12-14-27(29(24)31)35-16-15-32/h2-14,17H,16,18-19H2,1H3. The lowest BCUT2D eigenvalue weighted by atomic mass is 10.0.